The monoisotopic (exact) mass is 464 g/mol. The number of hydrogen-bond acceptors (Lipinski definition) is 7. The van der Waals surface area contributed by atoms with E-state index in [-0.39, 0.29) is 11.9 Å². The van der Waals surface area contributed by atoms with Gasteiger partial charge >= 0.3 is 11.9 Å². The van der Waals surface area contributed by atoms with Crippen LogP contribution in [-0.4, -0.2) is 86.9 Å². The average molecular weight is 465 g/mol. The Morgan fingerprint density at radius 3 is 2.30 bits per heavy atom. The Bertz CT molecular complexity index is 953. The van der Waals surface area contributed by atoms with E-state index < -0.39 is 17.7 Å². The summed E-state index contributed by atoms with van der Waals surface area (Å²) in [6.45, 7) is 7.26. The number of aliphatic carboxylic acids is 2. The fraction of sp³-hybridized carbons (Fsp3) is 0.545. The number of carboxylic acids is 2. The number of likely N-dealkylation sites (tertiary alicyclic amines) is 1. The lowest BCUT2D eigenvalue weighted by Crippen LogP contribution is -2.55. The van der Waals surface area contributed by atoms with Crippen molar-refractivity contribution in [2.24, 2.45) is 0 Å². The summed E-state index contributed by atoms with van der Waals surface area (Å²) in [5.74, 6) is -3.97. The number of methoxy groups -OCH3 is 1. The predicted molar refractivity (Wildman–Crippen MR) is 120 cm³/mol. The van der Waals surface area contributed by atoms with Crippen molar-refractivity contribution in [3.8, 4) is 0 Å². The number of carbonyl (C=O) groups is 3. The lowest BCUT2D eigenvalue weighted by atomic mass is 9.99. The van der Waals surface area contributed by atoms with Crippen LogP contribution in [0.2, 0.25) is 0 Å². The fourth-order valence-corrected chi connectivity index (χ4v) is 3.63. The number of carbonyl (C=O) groups excluding carboxylic acids is 1. The number of para-hydroxylation sites is 1. The highest BCUT2D eigenvalue weighted by Crippen LogP contribution is 2.24. The molecule has 182 valence electrons. The van der Waals surface area contributed by atoms with E-state index in [0.717, 1.165) is 43.6 Å². The molecule has 33 heavy (non-hydrogen) atoms. The summed E-state index contributed by atoms with van der Waals surface area (Å²) in [7, 11) is 1.70. The van der Waals surface area contributed by atoms with Crippen LogP contribution in [0.5, 0.6) is 0 Å². The second kappa shape index (κ2) is 11.7. The van der Waals surface area contributed by atoms with Gasteiger partial charge in [0.15, 0.2) is 5.69 Å². The fourth-order valence-electron chi connectivity index (χ4n) is 3.63. The van der Waals surface area contributed by atoms with Gasteiger partial charge in [0.1, 0.15) is 5.72 Å². The number of carboxylic acid groups (broad SMARTS) is 2. The summed E-state index contributed by atoms with van der Waals surface area (Å²) < 4.78 is 6.94. The third-order valence-corrected chi connectivity index (χ3v) is 5.35. The molecule has 0 aliphatic carbocycles. The first-order chi connectivity index (χ1) is 15.6. The third kappa shape index (κ3) is 7.24. The molecular formula is C22H32N4O7. The van der Waals surface area contributed by atoms with Crippen LogP contribution in [0.1, 0.15) is 49.6 Å². The highest BCUT2D eigenvalue weighted by atomic mass is 16.5. The number of benzene rings is 1. The summed E-state index contributed by atoms with van der Waals surface area (Å²) in [6, 6.07) is 7.86. The van der Waals surface area contributed by atoms with Gasteiger partial charge < -0.3 is 30.3 Å². The van der Waals surface area contributed by atoms with Crippen molar-refractivity contribution in [2.45, 2.75) is 44.9 Å². The van der Waals surface area contributed by atoms with Gasteiger partial charge in [0.2, 0.25) is 0 Å². The minimum absolute atomic E-state index is 0.148. The van der Waals surface area contributed by atoms with Crippen molar-refractivity contribution in [1.82, 2.24) is 20.0 Å². The molecule has 1 aromatic carbocycles. The quantitative estimate of drug-likeness (QED) is 0.270. The van der Waals surface area contributed by atoms with Gasteiger partial charge in [-0.2, -0.15) is 5.10 Å². The van der Waals surface area contributed by atoms with Crippen LogP contribution in [-0.2, 0) is 14.3 Å². The molecule has 0 radical (unpaired) electrons. The Kier molecular flexibility index (Phi) is 9.32. The molecule has 11 heteroatoms. The second-order valence-corrected chi connectivity index (χ2v) is 8.19. The summed E-state index contributed by atoms with van der Waals surface area (Å²) in [5, 5.41) is 33.8. The molecule has 11 nitrogen and oxygen atoms in total. The van der Waals surface area contributed by atoms with E-state index in [1.165, 1.54) is 0 Å². The Balaban J connectivity index is 0.000000569. The maximum atomic E-state index is 12.9. The number of aliphatic hydroxyl groups is 1. The first kappa shape index (κ1) is 26.2. The van der Waals surface area contributed by atoms with Crippen molar-refractivity contribution >= 4 is 28.7 Å². The van der Waals surface area contributed by atoms with Crippen molar-refractivity contribution in [2.75, 3.05) is 33.4 Å². The van der Waals surface area contributed by atoms with Crippen molar-refractivity contribution in [1.29, 1.82) is 0 Å². The summed E-state index contributed by atoms with van der Waals surface area (Å²) in [4.78, 5) is 33.4. The van der Waals surface area contributed by atoms with Crippen LogP contribution >= 0.6 is 0 Å². The molecule has 1 aliphatic heterocycles. The van der Waals surface area contributed by atoms with Gasteiger partial charge in [-0.3, -0.25) is 9.48 Å². The van der Waals surface area contributed by atoms with Crippen molar-refractivity contribution in [3.05, 3.63) is 30.0 Å². The smallest absolute Gasteiger partial charge is 0.414 e. The zero-order valence-electron chi connectivity index (χ0n) is 19.2. The molecule has 1 aromatic heterocycles. The SMILES string of the molecule is COCCCN1CCC(O)(NC(=O)c2nn(C(C)C)c3ccccc23)CC1.O=C(O)C(=O)O. The Morgan fingerprint density at radius 1 is 1.15 bits per heavy atom. The first-order valence-corrected chi connectivity index (χ1v) is 10.8. The van der Waals surface area contributed by atoms with Crippen LogP contribution in [0.25, 0.3) is 10.9 Å². The van der Waals surface area contributed by atoms with Gasteiger partial charge in [-0.1, -0.05) is 18.2 Å². The molecule has 1 saturated heterocycles. The number of fused-ring (bicyclic) bond motifs is 1. The average Bonchev–Trinajstić information content (AvgIpc) is 3.16. The Labute approximate surface area is 191 Å². The topological polar surface area (TPSA) is 154 Å². The highest BCUT2D eigenvalue weighted by Gasteiger charge is 2.34. The summed E-state index contributed by atoms with van der Waals surface area (Å²) >= 11 is 0. The van der Waals surface area contributed by atoms with Gasteiger partial charge in [0.25, 0.3) is 5.91 Å². The van der Waals surface area contributed by atoms with E-state index >= 15 is 0 Å². The van der Waals surface area contributed by atoms with Crippen LogP contribution in [0.4, 0.5) is 0 Å². The van der Waals surface area contributed by atoms with Crippen LogP contribution in [0.3, 0.4) is 0 Å². The standard InChI is InChI=1S/C20H30N4O3.C2H2O4/c1-15(2)24-17-8-5-4-7-16(17)18(22-24)19(25)21-20(26)9-12-23(13-10-20)11-6-14-27-3;3-1(4)2(5)6/h4-5,7-8,15,26H,6,9-14H2,1-3H3,(H,21,25);(H,3,4)(H,5,6). The molecule has 4 N–H and O–H groups in total. The Morgan fingerprint density at radius 2 is 1.76 bits per heavy atom. The minimum atomic E-state index is -1.82. The predicted octanol–water partition coefficient (Wildman–Crippen LogP) is 1.32. The zero-order valence-corrected chi connectivity index (χ0v) is 19.2. The molecule has 0 bridgehead atoms. The summed E-state index contributed by atoms with van der Waals surface area (Å²) in [6.07, 6.45) is 1.99. The molecule has 0 saturated carbocycles. The number of nitrogens with zero attached hydrogens (tertiary/aromatic N) is 3. The largest absolute Gasteiger partial charge is 0.473 e. The molecular weight excluding hydrogens is 432 g/mol. The van der Waals surface area contributed by atoms with Crippen molar-refractivity contribution < 1.29 is 34.4 Å². The molecule has 0 spiro atoms. The molecule has 3 rings (SSSR count). The number of hydrogen-bond donors (Lipinski definition) is 4. The van der Waals surface area contributed by atoms with E-state index in [1.807, 2.05) is 42.8 Å². The first-order valence-electron chi connectivity index (χ1n) is 10.8. The minimum Gasteiger partial charge on any atom is -0.473 e. The van der Waals surface area contributed by atoms with Gasteiger partial charge in [-0.15, -0.1) is 0 Å². The normalized spacial score (nSPS) is 15.7. The van der Waals surface area contributed by atoms with Crippen LogP contribution < -0.4 is 5.32 Å². The number of piperidine rings is 1. The van der Waals surface area contributed by atoms with E-state index in [0.29, 0.717) is 18.5 Å². The van der Waals surface area contributed by atoms with E-state index in [4.69, 9.17) is 24.5 Å². The van der Waals surface area contributed by atoms with Crippen molar-refractivity contribution in [3.63, 3.8) is 0 Å². The lowest BCUT2D eigenvalue weighted by Gasteiger charge is -2.38. The van der Waals surface area contributed by atoms with Gasteiger partial charge in [0, 0.05) is 57.6 Å². The number of nitrogens with one attached hydrogen (secondary N) is 1. The van der Waals surface area contributed by atoms with E-state index in [9.17, 15) is 9.90 Å². The molecule has 2 heterocycles. The maximum absolute atomic E-state index is 12.9. The van der Waals surface area contributed by atoms with Gasteiger partial charge in [-0.05, 0) is 26.3 Å². The molecule has 0 unspecified atom stereocenters. The molecule has 1 aliphatic rings. The van der Waals surface area contributed by atoms with Gasteiger partial charge in [-0.25, -0.2) is 9.59 Å². The molecule has 2 aromatic rings. The molecule has 1 fully saturated rings. The van der Waals surface area contributed by atoms with Crippen LogP contribution in [0.15, 0.2) is 24.3 Å². The summed E-state index contributed by atoms with van der Waals surface area (Å²) in [5.41, 5.74) is 0.116. The zero-order chi connectivity index (χ0) is 24.6. The van der Waals surface area contributed by atoms with Crippen LogP contribution in [0, 0.1) is 0 Å². The van der Waals surface area contributed by atoms with Gasteiger partial charge in [0.05, 0.1) is 5.52 Å². The number of ether oxygens (including phenoxy) is 1. The molecule has 1 amide bonds. The van der Waals surface area contributed by atoms with E-state index in [1.54, 1.807) is 7.11 Å². The number of amides is 1. The lowest BCUT2D eigenvalue weighted by molar-refractivity contribution is -0.159. The number of rotatable bonds is 7. The maximum Gasteiger partial charge on any atom is 0.414 e. The molecule has 0 atom stereocenters. The second-order valence-electron chi connectivity index (χ2n) is 8.19. The van der Waals surface area contributed by atoms with E-state index in [2.05, 4.69) is 15.3 Å². The third-order valence-electron chi connectivity index (χ3n) is 5.35. The Hall–Kier alpha value is -3.02. The highest BCUT2D eigenvalue weighted by molar-refractivity contribution is 6.27. The number of aromatic nitrogens is 2.